The van der Waals surface area contributed by atoms with E-state index in [-0.39, 0.29) is 23.8 Å². The number of halogens is 1. The van der Waals surface area contributed by atoms with Gasteiger partial charge in [-0.1, -0.05) is 73.5 Å². The largest absolute Gasteiger partial charge is 0.336 e. The monoisotopic (exact) mass is 445 g/mol. The van der Waals surface area contributed by atoms with Crippen molar-refractivity contribution in [2.75, 3.05) is 6.54 Å². The Morgan fingerprint density at radius 3 is 2.24 bits per heavy atom. The minimum absolute atomic E-state index is 0.101. The fourth-order valence-corrected chi connectivity index (χ4v) is 4.78. The summed E-state index contributed by atoms with van der Waals surface area (Å²) in [6.07, 6.45) is 4.36. The molecule has 0 spiro atoms. The average molecular weight is 446 g/mol. The zero-order valence-electron chi connectivity index (χ0n) is 18.6. The van der Waals surface area contributed by atoms with Gasteiger partial charge in [-0.05, 0) is 29.9 Å². The normalized spacial score (nSPS) is 15.5. The van der Waals surface area contributed by atoms with Crippen molar-refractivity contribution in [3.63, 3.8) is 0 Å². The van der Waals surface area contributed by atoms with Crippen LogP contribution in [0.4, 0.5) is 4.39 Å². The number of hydrogen-bond acceptors (Lipinski definition) is 3. The predicted molar refractivity (Wildman–Crippen MR) is 125 cm³/mol. The molecule has 1 amide bonds. The van der Waals surface area contributed by atoms with Crippen molar-refractivity contribution in [1.29, 1.82) is 0 Å². The topological polar surface area (TPSA) is 55.2 Å². The van der Waals surface area contributed by atoms with Gasteiger partial charge in [0.05, 0.1) is 18.3 Å². The molecule has 1 fully saturated rings. The molecular formula is C27H28FN3O2. The van der Waals surface area contributed by atoms with Crippen LogP contribution in [0.15, 0.2) is 65.5 Å². The number of nitrogens with zero attached hydrogens (tertiary/aromatic N) is 3. The molecule has 0 radical (unpaired) electrons. The highest BCUT2D eigenvalue weighted by molar-refractivity contribution is 5.76. The Bertz CT molecular complexity index is 1150. The predicted octanol–water partition coefficient (Wildman–Crippen LogP) is 4.43. The number of aromatic nitrogens is 2. The van der Waals surface area contributed by atoms with E-state index < -0.39 is 12.7 Å². The summed E-state index contributed by atoms with van der Waals surface area (Å²) in [5.74, 6) is 0.901. The van der Waals surface area contributed by atoms with Gasteiger partial charge in [-0.2, -0.15) is 0 Å². The lowest BCUT2D eigenvalue weighted by molar-refractivity contribution is -0.132. The van der Waals surface area contributed by atoms with Crippen LogP contribution < -0.4 is 5.56 Å². The number of rotatable bonds is 7. The van der Waals surface area contributed by atoms with E-state index in [1.54, 1.807) is 4.90 Å². The summed E-state index contributed by atoms with van der Waals surface area (Å²) in [6.45, 7) is -0.0682. The Balaban J connectivity index is 1.53. The molecule has 2 aliphatic rings. The number of carbonyl (C=O) groups is 1. The molecule has 0 bridgehead atoms. The Morgan fingerprint density at radius 1 is 1.03 bits per heavy atom. The van der Waals surface area contributed by atoms with Crippen molar-refractivity contribution in [1.82, 2.24) is 14.5 Å². The highest BCUT2D eigenvalue weighted by atomic mass is 19.1. The number of hydrogen-bond donors (Lipinski definition) is 0. The van der Waals surface area contributed by atoms with E-state index in [1.165, 1.54) is 17.4 Å². The molecule has 1 aliphatic carbocycles. The number of fused-ring (bicyclic) bond motifs is 1. The number of benzene rings is 2. The van der Waals surface area contributed by atoms with Crippen molar-refractivity contribution in [2.24, 2.45) is 5.92 Å². The van der Waals surface area contributed by atoms with Crippen LogP contribution in [0.2, 0.25) is 0 Å². The molecule has 6 heteroatoms. The molecule has 0 unspecified atom stereocenters. The Labute approximate surface area is 192 Å². The smallest absolute Gasteiger partial charge is 0.258 e. The molecule has 0 atom stereocenters. The maximum atomic E-state index is 14.3. The first-order valence-electron chi connectivity index (χ1n) is 11.7. The van der Waals surface area contributed by atoms with Crippen LogP contribution in [0.25, 0.3) is 0 Å². The quantitative estimate of drug-likeness (QED) is 0.541. The van der Waals surface area contributed by atoms with Crippen LogP contribution in [0.1, 0.15) is 59.9 Å². The molecule has 3 aromatic rings. The second kappa shape index (κ2) is 9.30. The van der Waals surface area contributed by atoms with Gasteiger partial charge in [-0.3, -0.25) is 14.2 Å². The van der Waals surface area contributed by atoms with E-state index in [0.717, 1.165) is 17.5 Å². The van der Waals surface area contributed by atoms with E-state index in [0.29, 0.717) is 36.6 Å². The number of amides is 1. The minimum atomic E-state index is -0.853. The van der Waals surface area contributed by atoms with Gasteiger partial charge in [0.15, 0.2) is 0 Å². The van der Waals surface area contributed by atoms with Crippen LogP contribution in [-0.2, 0) is 24.4 Å². The highest BCUT2D eigenvalue weighted by Gasteiger charge is 2.30. The van der Waals surface area contributed by atoms with E-state index in [1.807, 2.05) is 60.7 Å². The second-order valence-corrected chi connectivity index (χ2v) is 9.03. The van der Waals surface area contributed by atoms with Gasteiger partial charge in [-0.15, -0.1) is 0 Å². The molecule has 0 saturated heterocycles. The lowest BCUT2D eigenvalue weighted by Gasteiger charge is -2.30. The number of alkyl halides is 1. The third kappa shape index (κ3) is 4.47. The van der Waals surface area contributed by atoms with Crippen molar-refractivity contribution >= 4 is 5.91 Å². The fraction of sp³-hybridized carbons (Fsp3) is 0.370. The summed E-state index contributed by atoms with van der Waals surface area (Å²) < 4.78 is 15.8. The van der Waals surface area contributed by atoms with E-state index in [2.05, 4.69) is 4.98 Å². The molecular weight excluding hydrogens is 417 g/mol. The maximum absolute atomic E-state index is 14.3. The average Bonchev–Trinajstić information content (AvgIpc) is 3.69. The van der Waals surface area contributed by atoms with Gasteiger partial charge < -0.3 is 4.90 Å². The standard InChI is InChI=1S/C27H28FN3O2/c28-17-24-29-23-18-30(25(32)14-13-19-11-12-19)16-15-22(23)27(33)31(24)26(20-7-3-1-4-8-20)21-9-5-2-6-10-21/h1-10,19,26H,11-18H2. The van der Waals surface area contributed by atoms with Crippen LogP contribution >= 0.6 is 0 Å². The van der Waals surface area contributed by atoms with Crippen molar-refractivity contribution < 1.29 is 9.18 Å². The molecule has 1 saturated carbocycles. The molecule has 5 rings (SSSR count). The van der Waals surface area contributed by atoms with Gasteiger partial charge >= 0.3 is 0 Å². The van der Waals surface area contributed by atoms with Gasteiger partial charge in [-0.25, -0.2) is 9.37 Å². The summed E-state index contributed by atoms with van der Waals surface area (Å²) in [5.41, 5.74) is 2.71. The van der Waals surface area contributed by atoms with E-state index in [4.69, 9.17) is 0 Å². The summed E-state index contributed by atoms with van der Waals surface area (Å²) in [6, 6.07) is 18.8. The molecule has 1 aromatic heterocycles. The van der Waals surface area contributed by atoms with Gasteiger partial charge in [0.2, 0.25) is 5.91 Å². The first-order valence-corrected chi connectivity index (χ1v) is 11.7. The molecule has 2 aromatic carbocycles. The summed E-state index contributed by atoms with van der Waals surface area (Å²) in [5, 5.41) is 0. The molecule has 1 aliphatic heterocycles. The summed E-state index contributed by atoms with van der Waals surface area (Å²) in [4.78, 5) is 32.8. The minimum Gasteiger partial charge on any atom is -0.336 e. The van der Waals surface area contributed by atoms with Gasteiger partial charge in [0.1, 0.15) is 12.5 Å². The van der Waals surface area contributed by atoms with Crippen LogP contribution in [0.3, 0.4) is 0 Å². The number of carbonyl (C=O) groups excluding carboxylic acids is 1. The Morgan fingerprint density at radius 2 is 1.67 bits per heavy atom. The highest BCUT2D eigenvalue weighted by Crippen LogP contribution is 2.34. The fourth-order valence-electron chi connectivity index (χ4n) is 4.78. The zero-order chi connectivity index (χ0) is 22.8. The summed E-state index contributed by atoms with van der Waals surface area (Å²) in [7, 11) is 0. The van der Waals surface area contributed by atoms with E-state index in [9.17, 15) is 14.0 Å². The summed E-state index contributed by atoms with van der Waals surface area (Å²) >= 11 is 0. The first-order chi connectivity index (χ1) is 16.2. The molecule has 33 heavy (non-hydrogen) atoms. The Hall–Kier alpha value is -3.28. The maximum Gasteiger partial charge on any atom is 0.258 e. The van der Waals surface area contributed by atoms with Gasteiger partial charge in [0, 0.05) is 18.5 Å². The van der Waals surface area contributed by atoms with Crippen LogP contribution in [0, 0.1) is 5.92 Å². The third-order valence-electron chi connectivity index (χ3n) is 6.76. The van der Waals surface area contributed by atoms with Gasteiger partial charge in [0.25, 0.3) is 5.56 Å². The van der Waals surface area contributed by atoms with Crippen molar-refractivity contribution in [3.8, 4) is 0 Å². The second-order valence-electron chi connectivity index (χ2n) is 9.03. The molecule has 5 nitrogen and oxygen atoms in total. The van der Waals surface area contributed by atoms with Crippen LogP contribution in [-0.4, -0.2) is 26.9 Å². The molecule has 0 N–H and O–H groups in total. The molecule has 2 heterocycles. The lowest BCUT2D eigenvalue weighted by Crippen LogP contribution is -2.42. The first kappa shape index (κ1) is 21.6. The third-order valence-corrected chi connectivity index (χ3v) is 6.76. The molecule has 170 valence electrons. The van der Waals surface area contributed by atoms with E-state index >= 15 is 0 Å². The lowest BCUT2D eigenvalue weighted by atomic mass is 9.97. The SMILES string of the molecule is O=C(CCC1CC1)N1CCc2c(nc(CF)n(C(c3ccccc3)c3ccccc3)c2=O)C1. The van der Waals surface area contributed by atoms with Crippen LogP contribution in [0.5, 0.6) is 0 Å². The Kier molecular flexibility index (Phi) is 6.07. The zero-order valence-corrected chi connectivity index (χ0v) is 18.6. The van der Waals surface area contributed by atoms with Crippen molar-refractivity contribution in [2.45, 2.75) is 51.4 Å². The van der Waals surface area contributed by atoms with Crippen molar-refractivity contribution in [3.05, 3.63) is 99.2 Å².